The SMILES string of the molecule is CCCC[N+]1=C(CN2CCN(c3ccc(OC)cc3)CC2)N=C2C1C(=O)N(C)C(=O)N2C. The summed E-state index contributed by atoms with van der Waals surface area (Å²) in [5.41, 5.74) is 1.20. The van der Waals surface area contributed by atoms with Gasteiger partial charge in [-0.05, 0) is 35.7 Å². The van der Waals surface area contributed by atoms with Crippen LogP contribution in [0.2, 0.25) is 0 Å². The van der Waals surface area contributed by atoms with Crippen molar-refractivity contribution in [3.05, 3.63) is 24.3 Å². The second kappa shape index (κ2) is 9.28. The highest BCUT2D eigenvalue weighted by molar-refractivity contribution is 6.23. The van der Waals surface area contributed by atoms with E-state index in [1.165, 1.54) is 15.5 Å². The average Bonchev–Trinajstić information content (AvgIpc) is 3.18. The Hall–Kier alpha value is -2.94. The highest BCUT2D eigenvalue weighted by atomic mass is 16.5. The molecule has 1 atom stereocenters. The predicted octanol–water partition coefficient (Wildman–Crippen LogP) is 1.33. The molecule has 2 saturated heterocycles. The molecule has 1 unspecified atom stereocenters. The van der Waals surface area contributed by atoms with Crippen molar-refractivity contribution >= 4 is 29.3 Å². The number of ether oxygens (including phenoxy) is 1. The number of methoxy groups -OCH3 is 1. The van der Waals surface area contributed by atoms with Crippen molar-refractivity contribution < 1.29 is 18.9 Å². The van der Waals surface area contributed by atoms with E-state index >= 15 is 0 Å². The second-order valence-corrected chi connectivity index (χ2v) is 8.54. The minimum absolute atomic E-state index is 0.192. The Bertz CT molecular complexity index is 934. The first-order valence-electron chi connectivity index (χ1n) is 11.3. The fourth-order valence-electron chi connectivity index (χ4n) is 4.52. The number of hydrogen-bond donors (Lipinski definition) is 0. The van der Waals surface area contributed by atoms with Crippen molar-refractivity contribution in [2.24, 2.45) is 4.99 Å². The average molecular weight is 442 g/mol. The molecule has 0 saturated carbocycles. The Morgan fingerprint density at radius 2 is 1.75 bits per heavy atom. The predicted molar refractivity (Wildman–Crippen MR) is 124 cm³/mol. The molecule has 1 aromatic rings. The molecule has 0 bridgehead atoms. The highest BCUT2D eigenvalue weighted by Gasteiger charge is 2.52. The lowest BCUT2D eigenvalue weighted by Crippen LogP contribution is -2.61. The fourth-order valence-corrected chi connectivity index (χ4v) is 4.52. The number of imide groups is 1. The molecule has 9 nitrogen and oxygen atoms in total. The lowest BCUT2D eigenvalue weighted by Gasteiger charge is -2.35. The first-order valence-corrected chi connectivity index (χ1v) is 11.3. The fraction of sp³-hybridized carbons (Fsp3) is 0.565. The van der Waals surface area contributed by atoms with Gasteiger partial charge in [-0.25, -0.2) is 9.37 Å². The quantitative estimate of drug-likeness (QED) is 0.597. The van der Waals surface area contributed by atoms with E-state index in [2.05, 4.69) is 33.4 Å². The zero-order valence-corrected chi connectivity index (χ0v) is 19.5. The molecule has 9 heteroatoms. The molecule has 2 fully saturated rings. The zero-order valence-electron chi connectivity index (χ0n) is 19.5. The van der Waals surface area contributed by atoms with Crippen LogP contribution in [0.15, 0.2) is 29.3 Å². The van der Waals surface area contributed by atoms with Gasteiger partial charge in [0, 0.05) is 46.0 Å². The van der Waals surface area contributed by atoms with Crippen LogP contribution in [-0.4, -0.2) is 109 Å². The van der Waals surface area contributed by atoms with Gasteiger partial charge in [0.2, 0.25) is 0 Å². The number of amides is 3. The van der Waals surface area contributed by atoms with Crippen LogP contribution in [0.4, 0.5) is 10.5 Å². The van der Waals surface area contributed by atoms with Crippen molar-refractivity contribution in [1.29, 1.82) is 0 Å². The monoisotopic (exact) mass is 441 g/mol. The zero-order chi connectivity index (χ0) is 22.8. The van der Waals surface area contributed by atoms with Gasteiger partial charge < -0.3 is 9.64 Å². The molecular weight excluding hydrogens is 408 g/mol. The number of carbonyl (C=O) groups is 2. The summed E-state index contributed by atoms with van der Waals surface area (Å²) in [6.45, 7) is 7.25. The third-order valence-electron chi connectivity index (χ3n) is 6.54. The summed E-state index contributed by atoms with van der Waals surface area (Å²) in [6, 6.07) is 7.35. The largest absolute Gasteiger partial charge is 0.497 e. The van der Waals surface area contributed by atoms with Crippen molar-refractivity contribution in [2.45, 2.75) is 25.8 Å². The molecule has 3 heterocycles. The standard InChI is InChI=1S/C23H33N6O3/c1-5-6-11-29-19(24-21-20(29)22(30)26(3)23(31)25(21)2)16-27-12-14-28(15-13-27)17-7-9-18(32-4)10-8-17/h7-10,20H,5-6,11-16H2,1-4H3/q+1. The van der Waals surface area contributed by atoms with Gasteiger partial charge >= 0.3 is 11.9 Å². The molecule has 3 aliphatic heterocycles. The summed E-state index contributed by atoms with van der Waals surface area (Å²) >= 11 is 0. The Labute approximate surface area is 189 Å². The first kappa shape index (κ1) is 22.3. The number of nitrogens with zero attached hydrogens (tertiary/aromatic N) is 6. The molecule has 0 radical (unpaired) electrons. The number of anilines is 1. The third-order valence-corrected chi connectivity index (χ3v) is 6.54. The van der Waals surface area contributed by atoms with Crippen molar-refractivity contribution in [1.82, 2.24) is 14.7 Å². The maximum atomic E-state index is 12.9. The summed E-state index contributed by atoms with van der Waals surface area (Å²) in [5, 5.41) is 0. The van der Waals surface area contributed by atoms with Crippen molar-refractivity contribution in [3.63, 3.8) is 0 Å². The van der Waals surface area contributed by atoms with Crippen LogP contribution in [0.5, 0.6) is 5.75 Å². The highest BCUT2D eigenvalue weighted by Crippen LogP contribution is 2.22. The van der Waals surface area contributed by atoms with Crippen LogP contribution < -0.4 is 9.64 Å². The normalized spacial score (nSPS) is 21.9. The third kappa shape index (κ3) is 4.09. The number of aliphatic imine (C=N–C) groups is 1. The molecule has 3 amide bonds. The van der Waals surface area contributed by atoms with Crippen LogP contribution >= 0.6 is 0 Å². The van der Waals surface area contributed by atoms with Crippen molar-refractivity contribution in [3.8, 4) is 5.75 Å². The van der Waals surface area contributed by atoms with Gasteiger partial charge in [-0.3, -0.25) is 19.5 Å². The molecule has 32 heavy (non-hydrogen) atoms. The topological polar surface area (TPSA) is 71.7 Å². The number of amidine groups is 2. The minimum atomic E-state index is -0.496. The number of benzene rings is 1. The van der Waals surface area contributed by atoms with E-state index in [0.29, 0.717) is 12.4 Å². The second-order valence-electron chi connectivity index (χ2n) is 8.54. The van der Waals surface area contributed by atoms with E-state index in [9.17, 15) is 9.59 Å². The van der Waals surface area contributed by atoms with E-state index in [1.54, 1.807) is 21.2 Å². The maximum absolute atomic E-state index is 12.9. The Morgan fingerprint density at radius 3 is 2.38 bits per heavy atom. The lowest BCUT2D eigenvalue weighted by atomic mass is 10.1. The number of urea groups is 1. The van der Waals surface area contributed by atoms with Crippen LogP contribution in [0.3, 0.4) is 0 Å². The van der Waals surface area contributed by atoms with E-state index < -0.39 is 6.04 Å². The summed E-state index contributed by atoms with van der Waals surface area (Å²) in [5.74, 6) is 2.12. The molecule has 0 N–H and O–H groups in total. The molecule has 4 rings (SSSR count). The number of unbranched alkanes of at least 4 members (excludes halogenated alkanes) is 1. The lowest BCUT2D eigenvalue weighted by molar-refractivity contribution is -0.536. The maximum Gasteiger partial charge on any atom is 0.333 e. The Kier molecular flexibility index (Phi) is 6.45. The molecule has 0 aromatic heterocycles. The number of fused-ring (bicyclic) bond motifs is 1. The van der Waals surface area contributed by atoms with Gasteiger partial charge in [-0.15, -0.1) is 0 Å². The molecule has 0 spiro atoms. The van der Waals surface area contributed by atoms with E-state index in [-0.39, 0.29) is 11.9 Å². The summed E-state index contributed by atoms with van der Waals surface area (Å²) < 4.78 is 7.36. The molecule has 0 aliphatic carbocycles. The number of carbonyl (C=O) groups excluding carboxylic acids is 2. The summed E-state index contributed by atoms with van der Waals surface area (Å²) in [6.07, 6.45) is 2.01. The van der Waals surface area contributed by atoms with Crippen LogP contribution in [0.25, 0.3) is 0 Å². The van der Waals surface area contributed by atoms with Crippen LogP contribution in [-0.2, 0) is 4.79 Å². The van der Waals surface area contributed by atoms with Crippen LogP contribution in [0.1, 0.15) is 19.8 Å². The number of likely N-dealkylation sites (N-methyl/N-ethyl adjacent to an activating group) is 2. The Balaban J connectivity index is 1.47. The minimum Gasteiger partial charge on any atom is -0.497 e. The number of hydrogen-bond acceptors (Lipinski definition) is 6. The number of rotatable bonds is 7. The van der Waals surface area contributed by atoms with Crippen LogP contribution in [0, 0.1) is 0 Å². The van der Waals surface area contributed by atoms with Gasteiger partial charge in [-0.1, -0.05) is 13.3 Å². The summed E-state index contributed by atoms with van der Waals surface area (Å²) in [4.78, 5) is 37.6. The first-order chi connectivity index (χ1) is 15.4. The molecule has 1 aromatic carbocycles. The summed E-state index contributed by atoms with van der Waals surface area (Å²) in [7, 11) is 4.93. The Morgan fingerprint density at radius 1 is 1.06 bits per heavy atom. The van der Waals surface area contributed by atoms with E-state index in [0.717, 1.165) is 57.2 Å². The van der Waals surface area contributed by atoms with Gasteiger partial charge in [0.15, 0.2) is 0 Å². The van der Waals surface area contributed by atoms with Gasteiger partial charge in [0.1, 0.15) is 12.3 Å². The van der Waals surface area contributed by atoms with Gasteiger partial charge in [0.05, 0.1) is 13.7 Å². The van der Waals surface area contributed by atoms with Gasteiger partial charge in [-0.2, -0.15) is 0 Å². The van der Waals surface area contributed by atoms with E-state index in [1.807, 2.05) is 12.1 Å². The van der Waals surface area contributed by atoms with Gasteiger partial charge in [0.25, 0.3) is 17.8 Å². The molecule has 172 valence electrons. The van der Waals surface area contributed by atoms with Crippen molar-refractivity contribution in [2.75, 3.05) is 65.4 Å². The smallest absolute Gasteiger partial charge is 0.333 e. The van der Waals surface area contributed by atoms with E-state index in [4.69, 9.17) is 9.73 Å². The molecular formula is C23H33N6O3+. The molecule has 3 aliphatic rings. The number of piperazine rings is 1.